The van der Waals surface area contributed by atoms with E-state index in [0.717, 1.165) is 11.4 Å². The number of ether oxygens (including phenoxy) is 1. The SMILES string of the molecule is C=C(OCC)c1nc(C)cc(CNC(C)=O)n1. The van der Waals surface area contributed by atoms with Crippen LogP contribution in [0.2, 0.25) is 0 Å². The van der Waals surface area contributed by atoms with Gasteiger partial charge in [0, 0.05) is 12.6 Å². The Bertz CT molecular complexity index is 430. The van der Waals surface area contributed by atoms with Crippen molar-refractivity contribution in [1.29, 1.82) is 0 Å². The second kappa shape index (κ2) is 5.98. The summed E-state index contributed by atoms with van der Waals surface area (Å²) in [6, 6.07) is 1.82. The Hall–Kier alpha value is -1.91. The molecule has 17 heavy (non-hydrogen) atoms. The van der Waals surface area contributed by atoms with Gasteiger partial charge in [0.25, 0.3) is 0 Å². The Kier molecular flexibility index (Phi) is 4.63. The molecule has 0 bridgehead atoms. The van der Waals surface area contributed by atoms with Gasteiger partial charge in [-0.1, -0.05) is 6.58 Å². The molecule has 1 heterocycles. The van der Waals surface area contributed by atoms with Gasteiger partial charge in [-0.05, 0) is 19.9 Å². The van der Waals surface area contributed by atoms with Crippen molar-refractivity contribution in [2.45, 2.75) is 27.3 Å². The minimum atomic E-state index is -0.0912. The predicted molar refractivity (Wildman–Crippen MR) is 64.9 cm³/mol. The number of amides is 1. The standard InChI is InChI=1S/C12H17N3O2/c1-5-17-9(3)12-14-8(2)6-11(15-12)7-13-10(4)16/h6H,3,5,7H2,1-2,4H3,(H,13,16). The van der Waals surface area contributed by atoms with E-state index < -0.39 is 0 Å². The summed E-state index contributed by atoms with van der Waals surface area (Å²) in [5.41, 5.74) is 1.56. The monoisotopic (exact) mass is 235 g/mol. The van der Waals surface area contributed by atoms with Crippen LogP contribution < -0.4 is 5.32 Å². The minimum absolute atomic E-state index is 0.0912. The van der Waals surface area contributed by atoms with Crippen LogP contribution in [-0.4, -0.2) is 22.5 Å². The first kappa shape index (κ1) is 13.2. The van der Waals surface area contributed by atoms with Crippen molar-refractivity contribution in [3.63, 3.8) is 0 Å². The molecule has 1 aromatic rings. The molecule has 1 rings (SSSR count). The van der Waals surface area contributed by atoms with E-state index in [9.17, 15) is 4.79 Å². The summed E-state index contributed by atoms with van der Waals surface area (Å²) in [6.45, 7) is 9.87. The van der Waals surface area contributed by atoms with E-state index in [2.05, 4.69) is 21.9 Å². The molecular formula is C12H17N3O2. The van der Waals surface area contributed by atoms with E-state index >= 15 is 0 Å². The topological polar surface area (TPSA) is 64.1 Å². The number of hydrogen-bond acceptors (Lipinski definition) is 4. The van der Waals surface area contributed by atoms with Gasteiger partial charge in [0.2, 0.25) is 5.91 Å². The number of carbonyl (C=O) groups is 1. The van der Waals surface area contributed by atoms with Gasteiger partial charge < -0.3 is 10.1 Å². The van der Waals surface area contributed by atoms with Crippen LogP contribution in [0.3, 0.4) is 0 Å². The number of aryl methyl sites for hydroxylation is 1. The van der Waals surface area contributed by atoms with Crippen LogP contribution in [0.15, 0.2) is 12.6 Å². The zero-order chi connectivity index (χ0) is 12.8. The lowest BCUT2D eigenvalue weighted by Crippen LogP contribution is -2.20. The Morgan fingerprint density at radius 2 is 2.24 bits per heavy atom. The maximum atomic E-state index is 10.8. The molecule has 0 saturated heterocycles. The highest BCUT2D eigenvalue weighted by atomic mass is 16.5. The molecule has 0 aliphatic rings. The summed E-state index contributed by atoms with van der Waals surface area (Å²) >= 11 is 0. The Labute approximate surface area is 101 Å². The lowest BCUT2D eigenvalue weighted by atomic mass is 10.3. The quantitative estimate of drug-likeness (QED) is 0.784. The van der Waals surface area contributed by atoms with Crippen molar-refractivity contribution >= 4 is 11.7 Å². The third-order valence-electron chi connectivity index (χ3n) is 1.99. The van der Waals surface area contributed by atoms with Crippen molar-refractivity contribution in [2.24, 2.45) is 0 Å². The fraction of sp³-hybridized carbons (Fsp3) is 0.417. The van der Waals surface area contributed by atoms with E-state index in [1.165, 1.54) is 6.92 Å². The zero-order valence-electron chi connectivity index (χ0n) is 10.4. The van der Waals surface area contributed by atoms with Crippen LogP contribution in [0.25, 0.3) is 5.76 Å². The maximum Gasteiger partial charge on any atom is 0.217 e. The molecule has 1 amide bonds. The molecule has 0 fully saturated rings. The van der Waals surface area contributed by atoms with Crippen LogP contribution in [0.5, 0.6) is 0 Å². The Morgan fingerprint density at radius 1 is 1.53 bits per heavy atom. The van der Waals surface area contributed by atoms with Crippen LogP contribution in [0, 0.1) is 6.92 Å². The van der Waals surface area contributed by atoms with Crippen LogP contribution >= 0.6 is 0 Å². The molecule has 0 unspecified atom stereocenters. The van der Waals surface area contributed by atoms with E-state index in [1.54, 1.807) is 0 Å². The number of carbonyl (C=O) groups excluding carboxylic acids is 1. The number of nitrogens with one attached hydrogen (secondary N) is 1. The molecule has 5 heteroatoms. The number of rotatable bonds is 5. The molecule has 0 aliphatic heterocycles. The van der Waals surface area contributed by atoms with Crippen LogP contribution in [-0.2, 0) is 16.1 Å². The summed E-state index contributed by atoms with van der Waals surface area (Å²) in [4.78, 5) is 19.3. The van der Waals surface area contributed by atoms with E-state index in [4.69, 9.17) is 4.74 Å². The first-order valence-electron chi connectivity index (χ1n) is 5.44. The fourth-order valence-corrected chi connectivity index (χ4v) is 1.30. The average molecular weight is 235 g/mol. The summed E-state index contributed by atoms with van der Waals surface area (Å²) in [5, 5.41) is 2.69. The Balaban J connectivity index is 2.86. The van der Waals surface area contributed by atoms with Crippen molar-refractivity contribution in [3.05, 3.63) is 29.9 Å². The fourth-order valence-electron chi connectivity index (χ4n) is 1.30. The second-order valence-electron chi connectivity index (χ2n) is 3.59. The molecule has 5 nitrogen and oxygen atoms in total. The minimum Gasteiger partial charge on any atom is -0.491 e. The molecule has 0 radical (unpaired) electrons. The first-order chi connectivity index (χ1) is 8.02. The summed E-state index contributed by atoms with van der Waals surface area (Å²) in [5.74, 6) is 0.818. The van der Waals surface area contributed by atoms with Gasteiger partial charge >= 0.3 is 0 Å². The van der Waals surface area contributed by atoms with Gasteiger partial charge in [0.15, 0.2) is 11.6 Å². The predicted octanol–water partition coefficient (Wildman–Crippen LogP) is 1.43. The van der Waals surface area contributed by atoms with E-state index in [1.807, 2.05) is 19.9 Å². The summed E-state index contributed by atoms with van der Waals surface area (Å²) < 4.78 is 5.26. The highest BCUT2D eigenvalue weighted by molar-refractivity contribution is 5.72. The third-order valence-corrected chi connectivity index (χ3v) is 1.99. The van der Waals surface area contributed by atoms with Crippen molar-refractivity contribution in [3.8, 4) is 0 Å². The summed E-state index contributed by atoms with van der Waals surface area (Å²) in [6.07, 6.45) is 0. The smallest absolute Gasteiger partial charge is 0.217 e. The van der Waals surface area contributed by atoms with Gasteiger partial charge in [-0.25, -0.2) is 9.97 Å². The molecule has 0 saturated carbocycles. The molecular weight excluding hydrogens is 218 g/mol. The summed E-state index contributed by atoms with van der Waals surface area (Å²) in [7, 11) is 0. The van der Waals surface area contributed by atoms with Gasteiger partial charge in [-0.15, -0.1) is 0 Å². The molecule has 0 spiro atoms. The van der Waals surface area contributed by atoms with Crippen LogP contribution in [0.1, 0.15) is 31.1 Å². The molecule has 0 aliphatic carbocycles. The molecule has 92 valence electrons. The van der Waals surface area contributed by atoms with Gasteiger partial charge in [-0.2, -0.15) is 0 Å². The molecule has 0 atom stereocenters. The first-order valence-corrected chi connectivity index (χ1v) is 5.44. The van der Waals surface area contributed by atoms with E-state index in [-0.39, 0.29) is 5.91 Å². The highest BCUT2D eigenvalue weighted by Gasteiger charge is 2.07. The van der Waals surface area contributed by atoms with Crippen molar-refractivity contribution in [1.82, 2.24) is 15.3 Å². The van der Waals surface area contributed by atoms with Crippen molar-refractivity contribution in [2.75, 3.05) is 6.61 Å². The normalized spacial score (nSPS) is 9.82. The van der Waals surface area contributed by atoms with Gasteiger partial charge in [-0.3, -0.25) is 4.79 Å². The van der Waals surface area contributed by atoms with Gasteiger partial charge in [0.05, 0.1) is 18.8 Å². The molecule has 0 aromatic carbocycles. The largest absolute Gasteiger partial charge is 0.491 e. The maximum absolute atomic E-state index is 10.8. The van der Waals surface area contributed by atoms with Gasteiger partial charge in [0.1, 0.15) is 0 Å². The van der Waals surface area contributed by atoms with Crippen LogP contribution in [0.4, 0.5) is 0 Å². The second-order valence-corrected chi connectivity index (χ2v) is 3.59. The number of nitrogens with zero attached hydrogens (tertiary/aromatic N) is 2. The zero-order valence-corrected chi connectivity index (χ0v) is 10.4. The van der Waals surface area contributed by atoms with Crippen molar-refractivity contribution < 1.29 is 9.53 Å². The molecule has 1 aromatic heterocycles. The van der Waals surface area contributed by atoms with E-state index in [0.29, 0.717) is 24.7 Å². The average Bonchev–Trinajstić information content (AvgIpc) is 2.26. The third kappa shape index (κ3) is 4.22. The number of hydrogen-bond donors (Lipinski definition) is 1. The lowest BCUT2D eigenvalue weighted by Gasteiger charge is -2.08. The highest BCUT2D eigenvalue weighted by Crippen LogP contribution is 2.10. The number of aromatic nitrogens is 2. The Morgan fingerprint density at radius 3 is 2.82 bits per heavy atom. The lowest BCUT2D eigenvalue weighted by molar-refractivity contribution is -0.119. The molecule has 1 N–H and O–H groups in total.